The van der Waals surface area contributed by atoms with Gasteiger partial charge in [-0.1, -0.05) is 47.6 Å². The van der Waals surface area contributed by atoms with Gasteiger partial charge in [0.1, 0.15) is 34.4 Å². The molecule has 2 fully saturated rings. The first-order valence-corrected chi connectivity index (χ1v) is 17.4. The predicted octanol–water partition coefficient (Wildman–Crippen LogP) is 6.77. The lowest BCUT2D eigenvalue weighted by Crippen LogP contribution is -2.54. The second kappa shape index (κ2) is 12.9. The maximum Gasteiger partial charge on any atom is 0.142 e. The number of methoxy groups -OCH3 is 1. The first kappa shape index (κ1) is 30.0. The molecule has 9 heteroatoms. The third-order valence-corrected chi connectivity index (χ3v) is 11.7. The lowest BCUT2D eigenvalue weighted by molar-refractivity contribution is 0.101. The number of aliphatic hydroxyl groups is 1. The van der Waals surface area contributed by atoms with Crippen molar-refractivity contribution < 1.29 is 24.2 Å². The SMILES string of the molecule is COc1ccc(CS[C@@H]2C/C(=N\OCc3ccccc3)CC3Oc4c(Br)c(OCC5CC5)cc5c4C32C[C@@H](CO)NC5)cc1. The van der Waals surface area contributed by atoms with Gasteiger partial charge in [0.05, 0.1) is 31.5 Å². The van der Waals surface area contributed by atoms with E-state index in [-0.39, 0.29) is 29.4 Å². The molecule has 0 amide bonds. The van der Waals surface area contributed by atoms with Gasteiger partial charge in [-0.15, -0.1) is 0 Å². The number of oxime groups is 1. The number of ether oxygens (including phenoxy) is 3. The number of thioether (sulfide) groups is 1. The van der Waals surface area contributed by atoms with E-state index in [1.165, 1.54) is 29.5 Å². The number of nitrogens with one attached hydrogen (secondary N) is 1. The zero-order valence-corrected chi connectivity index (χ0v) is 27.4. The zero-order valence-electron chi connectivity index (χ0n) is 25.0. The van der Waals surface area contributed by atoms with E-state index in [1.54, 1.807) is 7.11 Å². The first-order chi connectivity index (χ1) is 21.6. The predicted molar refractivity (Wildman–Crippen MR) is 177 cm³/mol. The largest absolute Gasteiger partial charge is 0.497 e. The summed E-state index contributed by atoms with van der Waals surface area (Å²) >= 11 is 5.85. The Bertz CT molecular complexity index is 1500. The molecule has 44 heavy (non-hydrogen) atoms. The fraction of sp³-hybridized carbons (Fsp3) is 0.457. The standard InChI is InChI=1S/C35H39BrN2O5S/c1-40-28-11-9-24(10-12-28)21-44-31-15-26(38-42-20-22-5-3-2-4-6-22)14-30-35(31)16-27(18-39)37-17-25-13-29(41-19-23-7-8-23)33(36)34(43-30)32(25)35/h2-6,9-13,23,27,30-31,37,39H,7-8,14-21H2,1H3/b38-26-/t27-,30?,31+,35?/m0/s1. The fourth-order valence-corrected chi connectivity index (χ4v) is 8.99. The molecule has 2 unspecified atom stereocenters. The first-order valence-electron chi connectivity index (χ1n) is 15.5. The molecule has 232 valence electrons. The summed E-state index contributed by atoms with van der Waals surface area (Å²) in [6.45, 7) is 1.89. The van der Waals surface area contributed by atoms with Crippen LogP contribution in [0.1, 0.15) is 54.4 Å². The molecule has 4 aliphatic rings. The molecule has 0 aromatic heterocycles. The van der Waals surface area contributed by atoms with Crippen LogP contribution in [0.2, 0.25) is 0 Å². The van der Waals surface area contributed by atoms with Crippen LogP contribution < -0.4 is 19.5 Å². The summed E-state index contributed by atoms with van der Waals surface area (Å²) in [7, 11) is 1.69. The van der Waals surface area contributed by atoms with Crippen LogP contribution in [-0.2, 0) is 29.2 Å². The van der Waals surface area contributed by atoms with Crippen LogP contribution in [-0.4, -0.2) is 48.5 Å². The molecule has 2 aliphatic heterocycles. The number of halogens is 1. The van der Waals surface area contributed by atoms with Crippen molar-refractivity contribution in [2.45, 2.75) is 73.8 Å². The molecule has 3 aromatic carbocycles. The van der Waals surface area contributed by atoms with Gasteiger partial charge in [0, 0.05) is 42.0 Å². The van der Waals surface area contributed by atoms with Crippen molar-refractivity contribution >= 4 is 33.4 Å². The maximum absolute atomic E-state index is 10.5. The molecule has 0 radical (unpaired) electrons. The number of benzene rings is 3. The van der Waals surface area contributed by atoms with Crippen molar-refractivity contribution in [3.63, 3.8) is 0 Å². The normalized spacial score (nSPS) is 26.3. The summed E-state index contributed by atoms with van der Waals surface area (Å²) in [4.78, 5) is 5.92. The van der Waals surface area contributed by atoms with E-state index in [0.717, 1.165) is 58.2 Å². The second-order valence-electron chi connectivity index (χ2n) is 12.4. The Balaban J connectivity index is 1.24. The topological polar surface area (TPSA) is 81.5 Å². The molecular formula is C35H39BrN2O5S. The van der Waals surface area contributed by atoms with Crippen molar-refractivity contribution in [2.75, 3.05) is 20.3 Å². The molecule has 2 saturated carbocycles. The van der Waals surface area contributed by atoms with Crippen LogP contribution in [0.3, 0.4) is 0 Å². The van der Waals surface area contributed by atoms with Gasteiger partial charge in [-0.05, 0) is 76.0 Å². The van der Waals surface area contributed by atoms with Crippen molar-refractivity contribution in [3.05, 3.63) is 87.4 Å². The third kappa shape index (κ3) is 5.96. The fourth-order valence-electron chi connectivity index (χ4n) is 6.91. The number of hydrogen-bond donors (Lipinski definition) is 2. The van der Waals surface area contributed by atoms with E-state index in [0.29, 0.717) is 25.5 Å². The average Bonchev–Trinajstić information content (AvgIpc) is 3.85. The van der Waals surface area contributed by atoms with Gasteiger partial charge in [0.25, 0.3) is 0 Å². The van der Waals surface area contributed by atoms with Gasteiger partial charge < -0.3 is 29.5 Å². The van der Waals surface area contributed by atoms with Crippen LogP contribution in [0.25, 0.3) is 0 Å². The van der Waals surface area contributed by atoms with E-state index in [2.05, 4.69) is 51.6 Å². The highest BCUT2D eigenvalue weighted by Crippen LogP contribution is 2.61. The van der Waals surface area contributed by atoms with E-state index in [1.807, 2.05) is 42.1 Å². The van der Waals surface area contributed by atoms with Gasteiger partial charge in [-0.3, -0.25) is 0 Å². The number of rotatable bonds is 11. The third-order valence-electron chi connectivity index (χ3n) is 9.42. The number of aliphatic hydroxyl groups excluding tert-OH is 1. The highest BCUT2D eigenvalue weighted by atomic mass is 79.9. The van der Waals surface area contributed by atoms with Crippen molar-refractivity contribution in [1.29, 1.82) is 0 Å². The molecule has 0 bridgehead atoms. The van der Waals surface area contributed by atoms with Crippen molar-refractivity contribution in [1.82, 2.24) is 5.32 Å². The summed E-state index contributed by atoms with van der Waals surface area (Å²) < 4.78 is 19.6. The van der Waals surface area contributed by atoms with Crippen LogP contribution >= 0.6 is 27.7 Å². The summed E-state index contributed by atoms with van der Waals surface area (Å²) in [5.74, 6) is 4.07. The summed E-state index contributed by atoms with van der Waals surface area (Å²) in [6, 6.07) is 20.6. The van der Waals surface area contributed by atoms with Gasteiger partial charge in [-0.2, -0.15) is 11.8 Å². The van der Waals surface area contributed by atoms with Crippen molar-refractivity contribution in [2.24, 2.45) is 11.1 Å². The minimum atomic E-state index is -0.311. The Labute approximate surface area is 271 Å². The summed E-state index contributed by atoms with van der Waals surface area (Å²) in [6.07, 6.45) is 4.56. The average molecular weight is 680 g/mol. The molecule has 2 heterocycles. The molecule has 2 N–H and O–H groups in total. The Morgan fingerprint density at radius 2 is 1.91 bits per heavy atom. The molecule has 0 saturated heterocycles. The van der Waals surface area contributed by atoms with Gasteiger partial charge in [0.2, 0.25) is 0 Å². The molecule has 7 nitrogen and oxygen atoms in total. The lowest BCUT2D eigenvalue weighted by Gasteiger charge is -2.45. The van der Waals surface area contributed by atoms with E-state index in [9.17, 15) is 5.11 Å². The van der Waals surface area contributed by atoms with E-state index >= 15 is 0 Å². The smallest absolute Gasteiger partial charge is 0.142 e. The molecule has 3 aromatic rings. The van der Waals surface area contributed by atoms with Gasteiger partial charge in [-0.25, -0.2) is 0 Å². The quantitative estimate of drug-likeness (QED) is 0.217. The van der Waals surface area contributed by atoms with Crippen LogP contribution in [0.5, 0.6) is 17.2 Å². The van der Waals surface area contributed by atoms with E-state index in [4.69, 9.17) is 24.2 Å². The Morgan fingerprint density at radius 3 is 2.66 bits per heavy atom. The van der Waals surface area contributed by atoms with Crippen LogP contribution in [0.15, 0.2) is 70.3 Å². The number of nitrogens with zero attached hydrogens (tertiary/aromatic N) is 1. The molecule has 4 atom stereocenters. The molecular weight excluding hydrogens is 640 g/mol. The van der Waals surface area contributed by atoms with Gasteiger partial charge >= 0.3 is 0 Å². The maximum atomic E-state index is 10.5. The Morgan fingerprint density at radius 1 is 1.09 bits per heavy atom. The molecule has 1 spiro atoms. The minimum Gasteiger partial charge on any atom is -0.497 e. The summed E-state index contributed by atoms with van der Waals surface area (Å²) in [5.41, 5.74) is 5.48. The number of hydrogen-bond acceptors (Lipinski definition) is 8. The van der Waals surface area contributed by atoms with E-state index < -0.39 is 0 Å². The second-order valence-corrected chi connectivity index (χ2v) is 14.4. The van der Waals surface area contributed by atoms with Crippen LogP contribution in [0.4, 0.5) is 0 Å². The summed E-state index contributed by atoms with van der Waals surface area (Å²) in [5, 5.41) is 19.0. The highest BCUT2D eigenvalue weighted by molar-refractivity contribution is 9.10. The molecule has 2 aliphatic carbocycles. The Hall–Kier alpha value is -2.72. The monoisotopic (exact) mass is 678 g/mol. The molecule has 7 rings (SSSR count). The lowest BCUT2D eigenvalue weighted by atomic mass is 9.64. The minimum absolute atomic E-state index is 0.0500. The zero-order chi connectivity index (χ0) is 30.1. The van der Waals surface area contributed by atoms with Crippen LogP contribution in [0, 0.1) is 5.92 Å². The highest BCUT2D eigenvalue weighted by Gasteiger charge is 2.60. The Kier molecular flexibility index (Phi) is 8.82. The van der Waals surface area contributed by atoms with Gasteiger partial charge in [0.15, 0.2) is 0 Å². The van der Waals surface area contributed by atoms with Crippen molar-refractivity contribution in [3.8, 4) is 17.2 Å².